The predicted octanol–water partition coefficient (Wildman–Crippen LogP) is 2.90. The molecule has 0 fully saturated rings. The van der Waals surface area contributed by atoms with E-state index in [-0.39, 0.29) is 0 Å². The maximum atomic E-state index is 11.6. The van der Waals surface area contributed by atoms with Gasteiger partial charge >= 0.3 is 0 Å². The summed E-state index contributed by atoms with van der Waals surface area (Å²) in [7, 11) is -2.30. The average molecular weight is 176 g/mol. The lowest BCUT2D eigenvalue weighted by molar-refractivity contribution is 0.345. The third-order valence-electron chi connectivity index (χ3n) is 1.51. The van der Waals surface area contributed by atoms with Crippen molar-refractivity contribution in [3.05, 3.63) is 12.2 Å². The maximum Gasteiger partial charge on any atom is 0.202 e. The molecule has 0 unspecified atom stereocenters. The van der Waals surface area contributed by atoms with Crippen molar-refractivity contribution in [2.24, 2.45) is 0 Å². The first kappa shape index (κ1) is 10.9. The third-order valence-corrected chi connectivity index (χ3v) is 4.04. The minimum Gasteiger partial charge on any atom is -0.324 e. The molecule has 2 nitrogen and oxygen atoms in total. The summed E-state index contributed by atoms with van der Waals surface area (Å²) in [5.74, 6) is 0. The predicted molar refractivity (Wildman–Crippen MR) is 49.5 cm³/mol. The first-order valence-electron chi connectivity index (χ1n) is 3.91. The van der Waals surface area contributed by atoms with Crippen molar-refractivity contribution in [2.45, 2.75) is 20.8 Å². The summed E-state index contributed by atoms with van der Waals surface area (Å²) >= 11 is 0. The topological polar surface area (TPSA) is 26.3 Å². The molecule has 66 valence electrons. The molecule has 0 heterocycles. The number of rotatable bonds is 5. The van der Waals surface area contributed by atoms with Gasteiger partial charge in [-0.3, -0.25) is 4.57 Å². The fraction of sp³-hybridized carbons (Fsp3) is 0.750. The molecule has 0 aromatic carbocycles. The molecule has 0 bridgehead atoms. The molecule has 0 aliphatic heterocycles. The second kappa shape index (κ2) is 4.74. The molecule has 0 saturated carbocycles. The Hall–Kier alpha value is -0.0700. The van der Waals surface area contributed by atoms with Crippen LogP contribution in [-0.2, 0) is 9.09 Å². The second-order valence-corrected chi connectivity index (χ2v) is 5.83. The van der Waals surface area contributed by atoms with Crippen LogP contribution in [0.15, 0.2) is 12.2 Å². The van der Waals surface area contributed by atoms with E-state index in [9.17, 15) is 4.57 Å². The Morgan fingerprint density at radius 1 is 1.45 bits per heavy atom. The molecule has 0 N–H and O–H groups in total. The largest absolute Gasteiger partial charge is 0.324 e. The van der Waals surface area contributed by atoms with Gasteiger partial charge in [0.05, 0.1) is 6.61 Å². The summed E-state index contributed by atoms with van der Waals surface area (Å²) in [4.78, 5) is 0. The van der Waals surface area contributed by atoms with E-state index in [1.807, 2.05) is 20.8 Å². The Kier molecular flexibility index (Phi) is 4.71. The van der Waals surface area contributed by atoms with E-state index < -0.39 is 7.37 Å². The van der Waals surface area contributed by atoms with Crippen molar-refractivity contribution in [3.8, 4) is 0 Å². The highest BCUT2D eigenvalue weighted by molar-refractivity contribution is 7.58. The smallest absolute Gasteiger partial charge is 0.202 e. The van der Waals surface area contributed by atoms with Gasteiger partial charge < -0.3 is 4.52 Å². The van der Waals surface area contributed by atoms with Crippen molar-refractivity contribution >= 4 is 7.37 Å². The Morgan fingerprint density at radius 3 is 2.18 bits per heavy atom. The summed E-state index contributed by atoms with van der Waals surface area (Å²) in [6.45, 7) is 9.76. The van der Waals surface area contributed by atoms with E-state index >= 15 is 0 Å². The van der Waals surface area contributed by atoms with Crippen LogP contribution in [0.5, 0.6) is 0 Å². The van der Waals surface area contributed by atoms with Crippen molar-refractivity contribution in [3.63, 3.8) is 0 Å². The Balaban J connectivity index is 3.89. The molecule has 0 saturated heterocycles. The zero-order valence-corrected chi connectivity index (χ0v) is 8.49. The van der Waals surface area contributed by atoms with Crippen LogP contribution in [0, 0.1) is 0 Å². The SMILES string of the molecule is C=C(C)COP(=O)(CC)CC. The first-order chi connectivity index (χ1) is 5.04. The van der Waals surface area contributed by atoms with E-state index in [4.69, 9.17) is 4.52 Å². The van der Waals surface area contributed by atoms with E-state index in [1.54, 1.807) is 0 Å². The summed E-state index contributed by atoms with van der Waals surface area (Å²) < 4.78 is 16.8. The molecule has 0 aromatic rings. The lowest BCUT2D eigenvalue weighted by Crippen LogP contribution is -1.97. The summed E-state index contributed by atoms with van der Waals surface area (Å²) in [6.07, 6.45) is 1.24. The van der Waals surface area contributed by atoms with Gasteiger partial charge in [0.15, 0.2) is 0 Å². The highest BCUT2D eigenvalue weighted by Crippen LogP contribution is 2.45. The summed E-state index contributed by atoms with van der Waals surface area (Å²) in [6, 6.07) is 0. The monoisotopic (exact) mass is 176 g/mol. The maximum absolute atomic E-state index is 11.6. The second-order valence-electron chi connectivity index (χ2n) is 2.68. The Morgan fingerprint density at radius 2 is 1.91 bits per heavy atom. The zero-order valence-electron chi connectivity index (χ0n) is 7.59. The van der Waals surface area contributed by atoms with Gasteiger partial charge in [0.1, 0.15) is 0 Å². The molecule has 0 amide bonds. The lowest BCUT2D eigenvalue weighted by Gasteiger charge is -2.14. The highest BCUT2D eigenvalue weighted by Gasteiger charge is 2.16. The van der Waals surface area contributed by atoms with Gasteiger partial charge in [-0.05, 0) is 6.92 Å². The summed E-state index contributed by atoms with van der Waals surface area (Å²) in [5.41, 5.74) is 0.923. The van der Waals surface area contributed by atoms with E-state index in [1.165, 1.54) is 0 Å². The summed E-state index contributed by atoms with van der Waals surface area (Å²) in [5, 5.41) is 0. The molecule has 11 heavy (non-hydrogen) atoms. The normalized spacial score (nSPS) is 11.5. The molecule has 3 heteroatoms. The number of hydrogen-bond acceptors (Lipinski definition) is 2. The van der Waals surface area contributed by atoms with Gasteiger partial charge in [-0.25, -0.2) is 0 Å². The van der Waals surface area contributed by atoms with E-state index in [0.717, 1.165) is 5.57 Å². The van der Waals surface area contributed by atoms with Crippen LogP contribution in [0.1, 0.15) is 20.8 Å². The van der Waals surface area contributed by atoms with Crippen LogP contribution in [-0.4, -0.2) is 18.9 Å². The number of hydrogen-bond donors (Lipinski definition) is 0. The fourth-order valence-electron chi connectivity index (χ4n) is 0.634. The Labute approximate surface area is 69.1 Å². The Bertz CT molecular complexity index is 167. The first-order valence-corrected chi connectivity index (χ1v) is 5.90. The van der Waals surface area contributed by atoms with Crippen LogP contribution in [0.4, 0.5) is 0 Å². The van der Waals surface area contributed by atoms with Gasteiger partial charge in [0, 0.05) is 12.3 Å². The minimum atomic E-state index is -2.30. The van der Waals surface area contributed by atoms with Gasteiger partial charge in [0.25, 0.3) is 0 Å². The standard InChI is InChI=1S/C8H17O2P/c1-5-11(9,6-2)10-7-8(3)4/h3,5-7H2,1-2,4H3. The molecule has 0 aliphatic carbocycles. The zero-order chi connectivity index (χ0) is 8.91. The molecule has 0 aromatic heterocycles. The molecular formula is C8H17O2P. The quantitative estimate of drug-likeness (QED) is 0.475. The van der Waals surface area contributed by atoms with Gasteiger partial charge in [-0.1, -0.05) is 26.0 Å². The molecular weight excluding hydrogens is 159 g/mol. The molecule has 0 aliphatic rings. The van der Waals surface area contributed by atoms with Crippen molar-refractivity contribution in [1.29, 1.82) is 0 Å². The lowest BCUT2D eigenvalue weighted by atomic mass is 10.4. The minimum absolute atomic E-state index is 0.430. The average Bonchev–Trinajstić information content (AvgIpc) is 2.00. The molecule has 0 atom stereocenters. The van der Waals surface area contributed by atoms with Gasteiger partial charge in [-0.15, -0.1) is 0 Å². The van der Waals surface area contributed by atoms with Crippen LogP contribution >= 0.6 is 7.37 Å². The van der Waals surface area contributed by atoms with Crippen LogP contribution in [0.2, 0.25) is 0 Å². The van der Waals surface area contributed by atoms with Crippen molar-refractivity contribution in [2.75, 3.05) is 18.9 Å². The fourth-order valence-corrected chi connectivity index (χ4v) is 1.90. The van der Waals surface area contributed by atoms with Gasteiger partial charge in [-0.2, -0.15) is 0 Å². The molecule has 0 radical (unpaired) electrons. The van der Waals surface area contributed by atoms with E-state index in [0.29, 0.717) is 18.9 Å². The van der Waals surface area contributed by atoms with E-state index in [2.05, 4.69) is 6.58 Å². The molecule has 0 rings (SSSR count). The van der Waals surface area contributed by atoms with Crippen molar-refractivity contribution in [1.82, 2.24) is 0 Å². The van der Waals surface area contributed by atoms with Gasteiger partial charge in [0.2, 0.25) is 7.37 Å². The van der Waals surface area contributed by atoms with Crippen molar-refractivity contribution < 1.29 is 9.09 Å². The van der Waals surface area contributed by atoms with Crippen LogP contribution in [0.3, 0.4) is 0 Å². The van der Waals surface area contributed by atoms with Crippen LogP contribution < -0.4 is 0 Å². The molecule has 0 spiro atoms. The van der Waals surface area contributed by atoms with Crippen LogP contribution in [0.25, 0.3) is 0 Å². The highest BCUT2D eigenvalue weighted by atomic mass is 31.2. The third kappa shape index (κ3) is 4.39.